The summed E-state index contributed by atoms with van der Waals surface area (Å²) >= 11 is 0. The van der Waals surface area contributed by atoms with E-state index in [-0.39, 0.29) is 77.9 Å². The second kappa shape index (κ2) is 51.1. The molecular weight excluding hydrogens is 1880 g/mol. The Kier molecular flexibility index (Phi) is 44.6. The summed E-state index contributed by atoms with van der Waals surface area (Å²) in [6.45, 7) is 77.4. The summed E-state index contributed by atoms with van der Waals surface area (Å²) in [6.07, 6.45) is -0.436. The summed E-state index contributed by atoms with van der Waals surface area (Å²) in [4.78, 5) is 50.7. The smallest absolute Gasteiger partial charge is 0.338 e. The Bertz CT molecular complexity index is 3870. The molecule has 0 radical (unpaired) electrons. The molecule has 9 rings (SSSR count). The molecule has 5 aliphatic carbocycles. The lowest BCUT2D eigenvalue weighted by atomic mass is 9.33. The molecule has 4 saturated carbocycles. The van der Waals surface area contributed by atoms with Gasteiger partial charge < -0.3 is 77.8 Å². The van der Waals surface area contributed by atoms with Crippen LogP contribution in [0.3, 0.4) is 0 Å². The van der Waals surface area contributed by atoms with Crippen LogP contribution in [0.5, 0.6) is 0 Å². The predicted octanol–water partition coefficient (Wildman–Crippen LogP) is 28.8. The molecule has 29 heteroatoms. The molecule has 796 valence electrons. The molecule has 1 aromatic rings. The molecule has 0 amide bonds. The highest BCUT2D eigenvalue weighted by Crippen LogP contribution is 2.76. The zero-order valence-electron chi connectivity index (χ0n) is 94.0. The van der Waals surface area contributed by atoms with E-state index >= 15 is 9.59 Å². The number of nitrogens with zero attached hydrogens (tertiary/aromatic N) is 1. The second-order valence-electron chi connectivity index (χ2n) is 45.9. The summed E-state index contributed by atoms with van der Waals surface area (Å²) in [7, 11) is -23.4. The van der Waals surface area contributed by atoms with Gasteiger partial charge in [-0.05, 0) is 266 Å². The first-order chi connectivity index (χ1) is 65.7. The molecule has 0 spiro atoms. The number of hydrogen-bond acceptors (Lipinski definition) is 20. The van der Waals surface area contributed by atoms with Crippen LogP contribution in [0.2, 0.25) is 163 Å². The Morgan fingerprint density at radius 3 is 1.34 bits per heavy atom. The number of benzene rings is 1. The quantitative estimate of drug-likeness (QED) is 0.0148. The van der Waals surface area contributed by atoms with Gasteiger partial charge in [-0.2, -0.15) is 4.99 Å². The van der Waals surface area contributed by atoms with Crippen LogP contribution in [0.25, 0.3) is 0 Å². The molecule has 0 aromatic heterocycles. The lowest BCUT2D eigenvalue weighted by Crippen LogP contribution is -2.71. The lowest BCUT2D eigenvalue weighted by molar-refractivity contribution is -0.381. The van der Waals surface area contributed by atoms with E-state index in [0.29, 0.717) is 6.42 Å². The number of ether oxygens (including phenoxy) is 7. The Morgan fingerprint density at radius 1 is 0.435 bits per heavy atom. The molecule has 24 atom stereocenters. The highest BCUT2D eigenvalue weighted by molar-refractivity contribution is 6.77. The van der Waals surface area contributed by atoms with Crippen LogP contribution < -0.4 is 0 Å². The van der Waals surface area contributed by atoms with E-state index in [1.165, 1.54) is 11.9 Å². The van der Waals surface area contributed by atoms with Crippen LogP contribution in [0.4, 0.5) is 0 Å². The fourth-order valence-electron chi connectivity index (χ4n) is 28.3. The fourth-order valence-corrected chi connectivity index (χ4v) is 53.7. The van der Waals surface area contributed by atoms with Gasteiger partial charge in [0, 0.05) is 11.3 Å². The van der Waals surface area contributed by atoms with Crippen molar-refractivity contribution in [2.24, 2.45) is 55.7 Å². The van der Waals surface area contributed by atoms with E-state index in [1.807, 2.05) is 30.3 Å². The summed E-state index contributed by atoms with van der Waals surface area (Å²) in [5.74, 6) is -0.781. The molecule has 7 fully saturated rings. The van der Waals surface area contributed by atoms with E-state index in [2.05, 4.69) is 241 Å². The van der Waals surface area contributed by atoms with E-state index in [1.54, 1.807) is 0 Å². The van der Waals surface area contributed by atoms with Crippen LogP contribution in [0.1, 0.15) is 292 Å². The zero-order chi connectivity index (χ0) is 102. The third kappa shape index (κ3) is 24.4. The van der Waals surface area contributed by atoms with E-state index in [0.717, 1.165) is 220 Å². The average Bonchev–Trinajstić information content (AvgIpc) is 0.668. The molecular formula is C109H205NO19Si9. The maximum absolute atomic E-state index is 16.8. The number of fused-ring (bicyclic) bond motifs is 7. The SMILES string of the molecule is CC[Si](CC)(CC)OCC1O[C@@H](OC2C(O[C@@H]3OC[C@@H](O[Si](CC)(CC)CC)C(O[Si](CC)(CC)CC)C3O[Si](CC)(CC)CC)[C@H](O[Si](CC)(CC)CC)C(C(=O)OCc3ccccc3)O[C@H]2OCC2CCC3(C)C(CCC4(C)C3CC=C3C5CC(C)(C)CC[C@]5(N=C=O)C(O[Si](CC)(CC)CC)CC34C)C2(C)C=O)C(O[Si](CC)(CC)CC)C(O[Si](CC)(CC)CC)[C@H]1O[Si](CC)(CC)CC. The number of hydrogen-bond donors (Lipinski definition) is 0. The van der Waals surface area contributed by atoms with Crippen LogP contribution >= 0.6 is 0 Å². The number of carbonyl (C=O) groups is 2. The van der Waals surface area contributed by atoms with E-state index < -0.39 is 178 Å². The van der Waals surface area contributed by atoms with Crippen molar-refractivity contribution in [1.82, 2.24) is 0 Å². The summed E-state index contributed by atoms with van der Waals surface area (Å²) in [6, 6.07) is 33.7. The first kappa shape index (κ1) is 120. The number of isocyanates is 1. The minimum atomic E-state index is -2.96. The monoisotopic (exact) mass is 2080 g/mol. The van der Waals surface area contributed by atoms with Gasteiger partial charge in [0.1, 0.15) is 73.4 Å². The number of aldehydes is 1. The van der Waals surface area contributed by atoms with Crippen molar-refractivity contribution in [1.29, 1.82) is 0 Å². The van der Waals surface area contributed by atoms with Crippen molar-refractivity contribution in [3.63, 3.8) is 0 Å². The van der Waals surface area contributed by atoms with Gasteiger partial charge in [0.2, 0.25) is 6.08 Å². The number of esters is 1. The van der Waals surface area contributed by atoms with Gasteiger partial charge in [0.05, 0.1) is 32.0 Å². The summed E-state index contributed by atoms with van der Waals surface area (Å²) in [5, 5.41) is 0. The minimum Gasteiger partial charge on any atom is -0.459 e. The van der Waals surface area contributed by atoms with Crippen molar-refractivity contribution in [2.75, 3.05) is 19.8 Å². The summed E-state index contributed by atoms with van der Waals surface area (Å²) in [5.41, 5.74) is -0.0953. The van der Waals surface area contributed by atoms with Gasteiger partial charge in [-0.25, -0.2) is 9.59 Å². The van der Waals surface area contributed by atoms with Crippen LogP contribution in [-0.4, -0.2) is 211 Å². The standard InChI is InChI=1S/C109H205NO19Si9/c1-34-130(35-2,36-3)117-79-86-91(124-133(43-10,44-11)45-12)94(126-135(49-16,50-17)51-18)99(129-138(58-25,59-26)60-27)103(118-86)121-97-93(119-102-98(128-137(55-22,56-23)57-24)92(125-134(46-13,47-14)48-15)87(78-116-102)122-131(37-4,38-5)39-6)95(127-136(52-19,53-20)54-21)96(100(113)114-76-82-64-62-61-63-65-82)120-101(97)115-77-83-68-70-105(30)88(106(83,31)80-111)69-71-107(32)89(105)67-66-84-85-74-104(28,29)72-73-109(85,110-81-112)90(75-108(84,107)33)123-132(40-7,41-8)42-9/h61-66,80,83,85-99,101-103H,34-60,67-79H2,1-33H3/t83?,85?,86?,87-,88?,89?,90?,91+,92?,93?,94?,95+,96?,97?,98?,99?,101-,102+,103+,105?,106?,107?,108?,109-/m1/s1. The van der Waals surface area contributed by atoms with Gasteiger partial charge in [-0.3, -0.25) is 0 Å². The first-order valence-electron chi connectivity index (χ1n) is 57.1. The molecule has 3 aliphatic heterocycles. The molecule has 0 N–H and O–H groups in total. The normalized spacial score (nSPS) is 33.5. The molecule has 1 aromatic carbocycles. The Labute approximate surface area is 851 Å². The molecule has 138 heavy (non-hydrogen) atoms. The minimum absolute atomic E-state index is 0.0309. The summed E-state index contributed by atoms with van der Waals surface area (Å²) < 4.78 is 130. The number of allylic oxidation sites excluding steroid dienone is 1. The zero-order valence-corrected chi connectivity index (χ0v) is 103. The highest BCUT2D eigenvalue weighted by Gasteiger charge is 2.73. The first-order valence-corrected chi connectivity index (χ1v) is 79.8. The molecule has 17 unspecified atom stereocenters. The van der Waals surface area contributed by atoms with Gasteiger partial charge in [-0.1, -0.05) is 270 Å². The largest absolute Gasteiger partial charge is 0.459 e. The van der Waals surface area contributed by atoms with Crippen molar-refractivity contribution in [3.05, 3.63) is 47.5 Å². The maximum atomic E-state index is 16.8. The van der Waals surface area contributed by atoms with Crippen molar-refractivity contribution >= 4 is 93.2 Å². The molecule has 3 saturated heterocycles. The maximum Gasteiger partial charge on any atom is 0.338 e. The van der Waals surface area contributed by atoms with Gasteiger partial charge >= 0.3 is 5.97 Å². The van der Waals surface area contributed by atoms with Gasteiger partial charge in [0.15, 0.2) is 99.8 Å². The fraction of sp³-hybridized carbons (Fsp3) is 0.899. The number of carbonyl (C=O) groups excluding carboxylic acids is 3. The number of rotatable bonds is 58. The van der Waals surface area contributed by atoms with Gasteiger partial charge in [0.25, 0.3) is 0 Å². The Hall–Kier alpha value is -1.17. The Balaban J connectivity index is 1.35. The lowest BCUT2D eigenvalue weighted by Gasteiger charge is -2.72. The van der Waals surface area contributed by atoms with Crippen LogP contribution in [0, 0.1) is 50.7 Å². The predicted molar refractivity (Wildman–Crippen MR) is 585 cm³/mol. The highest BCUT2D eigenvalue weighted by atomic mass is 28.4. The van der Waals surface area contributed by atoms with E-state index in [9.17, 15) is 4.79 Å². The topological polar surface area (TPSA) is 211 Å². The molecule has 8 aliphatic rings. The Morgan fingerprint density at radius 2 is 0.870 bits per heavy atom. The van der Waals surface area contributed by atoms with Gasteiger partial charge in [-0.15, -0.1) is 0 Å². The van der Waals surface area contributed by atoms with Crippen molar-refractivity contribution in [3.8, 4) is 0 Å². The average molecular weight is 2090 g/mol. The van der Waals surface area contributed by atoms with E-state index in [4.69, 9.17) is 78.0 Å². The second-order valence-corrected chi connectivity index (χ2v) is 88.5. The number of aliphatic imine (C=N–C) groups is 1. The van der Waals surface area contributed by atoms with Crippen molar-refractivity contribution in [2.45, 2.75) is 554 Å². The van der Waals surface area contributed by atoms with Crippen molar-refractivity contribution < 1.29 is 87.4 Å². The third-order valence-corrected chi connectivity index (χ3v) is 82.9. The third-order valence-electron chi connectivity index (χ3n) is 41.1. The molecule has 0 bridgehead atoms. The van der Waals surface area contributed by atoms with Crippen LogP contribution in [-0.2, 0) is 94.0 Å². The van der Waals surface area contributed by atoms with Crippen LogP contribution in [0.15, 0.2) is 47.0 Å². The molecule has 20 nitrogen and oxygen atoms in total. The molecule has 3 heterocycles.